The first-order valence-corrected chi connectivity index (χ1v) is 9.15. The Labute approximate surface area is 157 Å². The monoisotopic (exact) mass is 367 g/mol. The normalized spacial score (nSPS) is 13.9. The Morgan fingerprint density at radius 2 is 1.96 bits per heavy atom. The summed E-state index contributed by atoms with van der Waals surface area (Å²) < 4.78 is 0. The van der Waals surface area contributed by atoms with Crippen LogP contribution < -0.4 is 16.2 Å². The van der Waals surface area contributed by atoms with Crippen LogP contribution in [0.25, 0.3) is 10.8 Å². The molecule has 7 nitrogen and oxygen atoms in total. The standard InChI is InChI=1S/C15H15N5O.C5H10O/c1-9-3-5-17-11(7-9)19-12-8-10-4-6-18-15(21)13(10)14(16-2)20-12;6-5-3-1-2-4-5/h3-8H,1-2H3,(H,18,21)(H2,16,17,19,20);5-6H,1-4H2. The van der Waals surface area contributed by atoms with Crippen LogP contribution in [0.5, 0.6) is 0 Å². The number of aliphatic hydroxyl groups is 1. The second-order valence-electron chi connectivity index (χ2n) is 6.66. The van der Waals surface area contributed by atoms with E-state index in [-0.39, 0.29) is 11.7 Å². The van der Waals surface area contributed by atoms with E-state index in [9.17, 15) is 4.79 Å². The number of aromatic amines is 1. The maximum atomic E-state index is 11.9. The minimum Gasteiger partial charge on any atom is -0.393 e. The van der Waals surface area contributed by atoms with Gasteiger partial charge in [-0.2, -0.15) is 0 Å². The molecule has 0 atom stereocenters. The predicted octanol–water partition coefficient (Wildman–Crippen LogP) is 3.33. The zero-order chi connectivity index (χ0) is 19.2. The van der Waals surface area contributed by atoms with Gasteiger partial charge in [-0.05, 0) is 55.0 Å². The lowest BCUT2D eigenvalue weighted by atomic mass is 10.2. The quantitative estimate of drug-likeness (QED) is 0.566. The largest absolute Gasteiger partial charge is 0.393 e. The summed E-state index contributed by atoms with van der Waals surface area (Å²) in [5, 5.41) is 16.2. The highest BCUT2D eigenvalue weighted by Gasteiger charge is 2.09. The summed E-state index contributed by atoms with van der Waals surface area (Å²) in [6, 6.07) is 7.53. The van der Waals surface area contributed by atoms with Crippen LogP contribution in [-0.2, 0) is 0 Å². The Balaban J connectivity index is 0.000000299. The molecule has 1 aliphatic carbocycles. The second kappa shape index (κ2) is 8.64. The van der Waals surface area contributed by atoms with E-state index in [4.69, 9.17) is 5.11 Å². The average Bonchev–Trinajstić information content (AvgIpc) is 3.13. The molecule has 0 amide bonds. The molecule has 0 saturated heterocycles. The number of H-pyrrole nitrogens is 1. The molecule has 0 bridgehead atoms. The SMILES string of the molecule is CNc1nc(Nc2cc(C)ccn2)cc2cc[nH]c(=O)c12.OC1CCCC1. The maximum absolute atomic E-state index is 11.9. The first-order valence-electron chi connectivity index (χ1n) is 9.15. The lowest BCUT2D eigenvalue weighted by Gasteiger charge is -2.10. The van der Waals surface area contributed by atoms with Gasteiger partial charge in [-0.1, -0.05) is 12.8 Å². The topological polar surface area (TPSA) is 103 Å². The van der Waals surface area contributed by atoms with Crippen LogP contribution in [0.3, 0.4) is 0 Å². The minimum absolute atomic E-state index is 0.0463. The minimum atomic E-state index is -0.162. The molecule has 142 valence electrons. The molecule has 0 unspecified atom stereocenters. The van der Waals surface area contributed by atoms with Crippen molar-refractivity contribution in [2.45, 2.75) is 38.7 Å². The number of anilines is 3. The van der Waals surface area contributed by atoms with Crippen LogP contribution in [0.15, 0.2) is 41.5 Å². The fourth-order valence-corrected chi connectivity index (χ4v) is 3.10. The molecule has 27 heavy (non-hydrogen) atoms. The Hall–Kier alpha value is -2.93. The molecule has 0 aromatic carbocycles. The molecule has 0 spiro atoms. The molecule has 1 aliphatic rings. The number of hydrogen-bond donors (Lipinski definition) is 4. The summed E-state index contributed by atoms with van der Waals surface area (Å²) in [7, 11) is 1.74. The maximum Gasteiger partial charge on any atom is 0.259 e. The summed E-state index contributed by atoms with van der Waals surface area (Å²) in [4.78, 5) is 23.2. The third-order valence-electron chi connectivity index (χ3n) is 4.49. The van der Waals surface area contributed by atoms with E-state index in [0.717, 1.165) is 23.8 Å². The Bertz CT molecular complexity index is 964. The molecule has 4 rings (SSSR count). The zero-order valence-corrected chi connectivity index (χ0v) is 15.6. The molecule has 0 aliphatic heterocycles. The van der Waals surface area contributed by atoms with Gasteiger partial charge in [0, 0.05) is 19.4 Å². The average molecular weight is 367 g/mol. The van der Waals surface area contributed by atoms with Gasteiger partial charge < -0.3 is 20.7 Å². The fraction of sp³-hybridized carbons (Fsp3) is 0.350. The predicted molar refractivity (Wildman–Crippen MR) is 109 cm³/mol. The van der Waals surface area contributed by atoms with Crippen molar-refractivity contribution in [2.24, 2.45) is 0 Å². The molecule has 0 radical (unpaired) electrons. The van der Waals surface area contributed by atoms with Gasteiger partial charge in [-0.3, -0.25) is 4.79 Å². The highest BCUT2D eigenvalue weighted by molar-refractivity contribution is 5.93. The van der Waals surface area contributed by atoms with Gasteiger partial charge in [0.15, 0.2) is 0 Å². The molecule has 3 aromatic rings. The molecular formula is C20H25N5O2. The Morgan fingerprint density at radius 1 is 1.19 bits per heavy atom. The lowest BCUT2D eigenvalue weighted by molar-refractivity contribution is 0.183. The van der Waals surface area contributed by atoms with Crippen LogP contribution in [0, 0.1) is 6.92 Å². The first-order chi connectivity index (χ1) is 13.1. The number of nitrogens with one attached hydrogen (secondary N) is 3. The van der Waals surface area contributed by atoms with E-state index in [1.807, 2.05) is 31.2 Å². The van der Waals surface area contributed by atoms with Crippen LogP contribution in [-0.4, -0.2) is 33.2 Å². The van der Waals surface area contributed by atoms with Crippen molar-refractivity contribution in [1.29, 1.82) is 0 Å². The molecule has 3 heterocycles. The second-order valence-corrected chi connectivity index (χ2v) is 6.66. The molecule has 7 heteroatoms. The van der Waals surface area contributed by atoms with Crippen molar-refractivity contribution in [1.82, 2.24) is 15.0 Å². The van der Waals surface area contributed by atoms with E-state index < -0.39 is 0 Å². The molecule has 3 aromatic heterocycles. The van der Waals surface area contributed by atoms with E-state index in [0.29, 0.717) is 22.8 Å². The summed E-state index contributed by atoms with van der Waals surface area (Å²) in [5.41, 5.74) is 0.947. The van der Waals surface area contributed by atoms with Gasteiger partial charge >= 0.3 is 0 Å². The van der Waals surface area contributed by atoms with Gasteiger partial charge in [0.25, 0.3) is 5.56 Å². The Morgan fingerprint density at radius 3 is 2.59 bits per heavy atom. The Kier molecular flexibility index (Phi) is 6.03. The molecule has 1 fully saturated rings. The number of hydrogen-bond acceptors (Lipinski definition) is 6. The third-order valence-corrected chi connectivity index (χ3v) is 4.49. The summed E-state index contributed by atoms with van der Waals surface area (Å²) in [6.07, 6.45) is 7.97. The zero-order valence-electron chi connectivity index (χ0n) is 15.6. The number of aliphatic hydroxyl groups excluding tert-OH is 1. The van der Waals surface area contributed by atoms with Crippen LogP contribution in [0.2, 0.25) is 0 Å². The van der Waals surface area contributed by atoms with Crippen molar-refractivity contribution in [2.75, 3.05) is 17.7 Å². The molecule has 1 saturated carbocycles. The number of pyridine rings is 3. The smallest absolute Gasteiger partial charge is 0.259 e. The summed E-state index contributed by atoms with van der Waals surface area (Å²) in [5.74, 6) is 1.88. The van der Waals surface area contributed by atoms with E-state index >= 15 is 0 Å². The van der Waals surface area contributed by atoms with Crippen molar-refractivity contribution in [3.63, 3.8) is 0 Å². The van der Waals surface area contributed by atoms with Gasteiger partial charge in [-0.15, -0.1) is 0 Å². The fourth-order valence-electron chi connectivity index (χ4n) is 3.10. The molecule has 4 N–H and O–H groups in total. The van der Waals surface area contributed by atoms with Gasteiger partial charge in [0.05, 0.1) is 11.5 Å². The number of aromatic nitrogens is 3. The van der Waals surface area contributed by atoms with Crippen molar-refractivity contribution in [3.8, 4) is 0 Å². The van der Waals surface area contributed by atoms with Crippen LogP contribution in [0.4, 0.5) is 17.5 Å². The van der Waals surface area contributed by atoms with Gasteiger partial charge in [0.2, 0.25) is 0 Å². The van der Waals surface area contributed by atoms with Gasteiger partial charge in [0.1, 0.15) is 17.5 Å². The highest BCUT2D eigenvalue weighted by atomic mass is 16.3. The number of aryl methyl sites for hydroxylation is 1. The molecular weight excluding hydrogens is 342 g/mol. The van der Waals surface area contributed by atoms with Crippen molar-refractivity contribution >= 4 is 28.2 Å². The number of fused-ring (bicyclic) bond motifs is 1. The number of rotatable bonds is 3. The van der Waals surface area contributed by atoms with E-state index in [2.05, 4.69) is 25.6 Å². The van der Waals surface area contributed by atoms with Crippen molar-refractivity contribution < 1.29 is 5.11 Å². The van der Waals surface area contributed by atoms with E-state index in [1.165, 1.54) is 12.8 Å². The summed E-state index contributed by atoms with van der Waals surface area (Å²) in [6.45, 7) is 2.00. The highest BCUT2D eigenvalue weighted by Crippen LogP contribution is 2.23. The lowest BCUT2D eigenvalue weighted by Crippen LogP contribution is -2.09. The first kappa shape index (κ1) is 18.8. The third kappa shape index (κ3) is 4.83. The van der Waals surface area contributed by atoms with Gasteiger partial charge in [-0.25, -0.2) is 9.97 Å². The summed E-state index contributed by atoms with van der Waals surface area (Å²) >= 11 is 0. The van der Waals surface area contributed by atoms with Crippen molar-refractivity contribution in [3.05, 3.63) is 52.6 Å². The van der Waals surface area contributed by atoms with Crippen LogP contribution in [0.1, 0.15) is 31.2 Å². The number of nitrogens with zero attached hydrogens (tertiary/aromatic N) is 2. The van der Waals surface area contributed by atoms with E-state index in [1.54, 1.807) is 19.4 Å². The van der Waals surface area contributed by atoms with Crippen LogP contribution >= 0.6 is 0 Å².